The van der Waals surface area contributed by atoms with Crippen molar-refractivity contribution in [2.45, 2.75) is 18.7 Å². The number of para-hydroxylation sites is 2. The van der Waals surface area contributed by atoms with Crippen molar-refractivity contribution in [1.82, 2.24) is 0 Å². The van der Waals surface area contributed by atoms with Crippen LogP contribution in [0.25, 0.3) is 11.0 Å². The number of benzene rings is 3. The van der Waals surface area contributed by atoms with E-state index in [9.17, 15) is 13.2 Å². The van der Waals surface area contributed by atoms with E-state index < -0.39 is 15.9 Å². The maximum atomic E-state index is 13.4. The molecule has 0 bridgehead atoms. The van der Waals surface area contributed by atoms with E-state index in [1.807, 2.05) is 12.1 Å². The number of sulfonamides is 1. The first kappa shape index (κ1) is 23.7. The number of hydrogen-bond acceptors (Lipinski definition) is 5. The third kappa shape index (κ3) is 4.22. The number of aryl methyl sites for hydroxylation is 1. The Balaban J connectivity index is 1.72. The first-order valence-corrected chi connectivity index (χ1v) is 12.3. The van der Waals surface area contributed by atoms with Gasteiger partial charge in [-0.1, -0.05) is 41.9 Å². The van der Waals surface area contributed by atoms with E-state index in [1.54, 1.807) is 50.2 Å². The molecule has 4 rings (SSSR count). The summed E-state index contributed by atoms with van der Waals surface area (Å²) in [7, 11) is -2.46. The lowest BCUT2D eigenvalue weighted by molar-refractivity contribution is 0.0997. The summed E-state index contributed by atoms with van der Waals surface area (Å²) >= 11 is 6.20. The van der Waals surface area contributed by atoms with Crippen LogP contribution in [0.15, 0.2) is 76.0 Å². The third-order valence-corrected chi connectivity index (χ3v) is 7.66. The summed E-state index contributed by atoms with van der Waals surface area (Å²) < 4.78 is 39.2. The minimum atomic E-state index is -3.90. The molecule has 1 heterocycles. The molecule has 0 saturated heterocycles. The number of hydrogen-bond donors (Lipinski definition) is 1. The molecule has 0 atom stereocenters. The van der Waals surface area contributed by atoms with Crippen molar-refractivity contribution < 1.29 is 22.4 Å². The smallest absolute Gasteiger partial charge is 0.291 e. The first-order chi connectivity index (χ1) is 16.3. The second kappa shape index (κ2) is 9.40. The van der Waals surface area contributed by atoms with Gasteiger partial charge in [-0.15, -0.1) is 0 Å². The molecular weight excluding hydrogens is 476 g/mol. The zero-order valence-electron chi connectivity index (χ0n) is 18.8. The van der Waals surface area contributed by atoms with E-state index in [-0.39, 0.29) is 22.9 Å². The van der Waals surface area contributed by atoms with Gasteiger partial charge in [0.2, 0.25) is 0 Å². The molecule has 3 aromatic carbocycles. The number of carbonyl (C=O) groups excluding carboxylic acids is 1. The molecule has 0 saturated carbocycles. The summed E-state index contributed by atoms with van der Waals surface area (Å²) in [4.78, 5) is 13.1. The van der Waals surface area contributed by atoms with Crippen LogP contribution in [-0.2, 0) is 10.0 Å². The fraction of sp³-hybridized carbons (Fsp3) is 0.160. The average Bonchev–Trinajstić information content (AvgIpc) is 3.18. The van der Waals surface area contributed by atoms with Crippen LogP contribution in [0, 0.1) is 6.92 Å². The molecule has 0 spiro atoms. The lowest BCUT2D eigenvalue weighted by Gasteiger charge is -2.23. The number of nitrogens with zero attached hydrogens (tertiary/aromatic N) is 1. The van der Waals surface area contributed by atoms with Crippen molar-refractivity contribution in [2.24, 2.45) is 0 Å². The fourth-order valence-corrected chi connectivity index (χ4v) is 5.48. The average molecular weight is 499 g/mol. The maximum absolute atomic E-state index is 13.4. The zero-order valence-corrected chi connectivity index (χ0v) is 20.4. The van der Waals surface area contributed by atoms with Gasteiger partial charge in [0.05, 0.1) is 28.4 Å². The van der Waals surface area contributed by atoms with Crippen molar-refractivity contribution >= 4 is 49.9 Å². The molecule has 176 valence electrons. The second-order valence-electron chi connectivity index (χ2n) is 7.49. The first-order valence-electron chi connectivity index (χ1n) is 10.5. The largest absolute Gasteiger partial charge is 0.495 e. The van der Waals surface area contributed by atoms with Crippen LogP contribution < -0.4 is 14.4 Å². The predicted octanol–water partition coefficient (Wildman–Crippen LogP) is 5.87. The molecule has 7 nitrogen and oxygen atoms in total. The highest BCUT2D eigenvalue weighted by Crippen LogP contribution is 2.34. The Kier molecular flexibility index (Phi) is 6.54. The minimum absolute atomic E-state index is 0.0127. The molecule has 1 aromatic heterocycles. The lowest BCUT2D eigenvalue weighted by atomic mass is 10.1. The van der Waals surface area contributed by atoms with Gasteiger partial charge in [-0.2, -0.15) is 0 Å². The minimum Gasteiger partial charge on any atom is -0.495 e. The van der Waals surface area contributed by atoms with Crippen molar-refractivity contribution in [1.29, 1.82) is 0 Å². The van der Waals surface area contributed by atoms with Crippen LogP contribution in [0.2, 0.25) is 5.02 Å². The fourth-order valence-electron chi connectivity index (χ4n) is 3.76. The van der Waals surface area contributed by atoms with Crippen LogP contribution in [-0.4, -0.2) is 28.0 Å². The van der Waals surface area contributed by atoms with Gasteiger partial charge in [0, 0.05) is 17.5 Å². The number of furan rings is 1. The molecule has 1 amide bonds. The Morgan fingerprint density at radius 3 is 2.47 bits per heavy atom. The van der Waals surface area contributed by atoms with Crippen LogP contribution in [0.4, 0.5) is 11.4 Å². The molecule has 0 radical (unpaired) electrons. The molecule has 34 heavy (non-hydrogen) atoms. The molecule has 0 aliphatic carbocycles. The lowest BCUT2D eigenvalue weighted by Crippen LogP contribution is -2.30. The van der Waals surface area contributed by atoms with Gasteiger partial charge in [-0.05, 0) is 50.2 Å². The van der Waals surface area contributed by atoms with E-state index in [2.05, 4.69) is 5.32 Å². The van der Waals surface area contributed by atoms with Gasteiger partial charge in [0.15, 0.2) is 11.3 Å². The van der Waals surface area contributed by atoms with E-state index in [0.717, 1.165) is 5.39 Å². The Morgan fingerprint density at radius 1 is 1.09 bits per heavy atom. The number of methoxy groups -OCH3 is 1. The van der Waals surface area contributed by atoms with Gasteiger partial charge < -0.3 is 14.5 Å². The predicted molar refractivity (Wildman–Crippen MR) is 134 cm³/mol. The van der Waals surface area contributed by atoms with Gasteiger partial charge in [0.25, 0.3) is 15.9 Å². The third-order valence-electron chi connectivity index (χ3n) is 5.46. The van der Waals surface area contributed by atoms with Crippen molar-refractivity contribution in [3.05, 3.63) is 83.1 Å². The summed E-state index contributed by atoms with van der Waals surface area (Å²) in [6.07, 6.45) is 0. The van der Waals surface area contributed by atoms with Crippen LogP contribution in [0.5, 0.6) is 5.75 Å². The summed E-state index contributed by atoms with van der Waals surface area (Å²) in [5.74, 6) is -0.159. The Bertz CT molecular complexity index is 1470. The molecule has 4 aromatic rings. The number of halogens is 1. The standard InChI is InChI=1S/C25H23ClN2O5S/c1-4-28(17-9-6-5-7-10-17)34(30,31)18-13-14-22(32-3)21(15-18)27-25(29)23-16(2)19-11-8-12-20(26)24(19)33-23/h5-15H,4H2,1-3H3,(H,27,29). The topological polar surface area (TPSA) is 88.9 Å². The molecule has 9 heteroatoms. The van der Waals surface area contributed by atoms with E-state index in [4.69, 9.17) is 20.8 Å². The molecule has 0 fully saturated rings. The molecule has 0 aliphatic heterocycles. The molecular formula is C25H23ClN2O5S. The van der Waals surface area contributed by atoms with Crippen molar-refractivity contribution in [3.63, 3.8) is 0 Å². The van der Waals surface area contributed by atoms with Gasteiger partial charge in [-0.25, -0.2) is 8.42 Å². The Morgan fingerprint density at radius 2 is 1.82 bits per heavy atom. The number of ether oxygens (including phenoxy) is 1. The van der Waals surface area contributed by atoms with Gasteiger partial charge in [-0.3, -0.25) is 9.10 Å². The number of fused-ring (bicyclic) bond motifs is 1. The van der Waals surface area contributed by atoms with Crippen LogP contribution in [0.1, 0.15) is 23.0 Å². The second-order valence-corrected chi connectivity index (χ2v) is 9.76. The number of amides is 1. The van der Waals surface area contributed by atoms with Gasteiger partial charge in [0.1, 0.15) is 5.75 Å². The van der Waals surface area contributed by atoms with Crippen molar-refractivity contribution in [3.8, 4) is 5.75 Å². The highest BCUT2D eigenvalue weighted by molar-refractivity contribution is 7.92. The maximum Gasteiger partial charge on any atom is 0.291 e. The number of rotatable bonds is 7. The Hall–Kier alpha value is -3.49. The van der Waals surface area contributed by atoms with E-state index in [1.165, 1.54) is 29.6 Å². The molecule has 1 N–H and O–H groups in total. The number of nitrogens with one attached hydrogen (secondary N) is 1. The molecule has 0 unspecified atom stereocenters. The Labute approximate surface area is 202 Å². The number of anilines is 2. The van der Waals surface area contributed by atoms with Crippen LogP contribution in [0.3, 0.4) is 0 Å². The summed E-state index contributed by atoms with van der Waals surface area (Å²) in [6, 6.07) is 18.4. The highest BCUT2D eigenvalue weighted by atomic mass is 35.5. The zero-order chi connectivity index (χ0) is 24.5. The molecule has 0 aliphatic rings. The quantitative estimate of drug-likeness (QED) is 0.344. The summed E-state index contributed by atoms with van der Waals surface area (Å²) in [6.45, 7) is 3.75. The normalized spacial score (nSPS) is 11.4. The van der Waals surface area contributed by atoms with Gasteiger partial charge >= 0.3 is 0 Å². The number of carbonyl (C=O) groups is 1. The van der Waals surface area contributed by atoms with E-state index in [0.29, 0.717) is 27.6 Å². The monoisotopic (exact) mass is 498 g/mol. The summed E-state index contributed by atoms with van der Waals surface area (Å²) in [5, 5.41) is 3.84. The van der Waals surface area contributed by atoms with E-state index >= 15 is 0 Å². The SMILES string of the molecule is CCN(c1ccccc1)S(=O)(=O)c1ccc(OC)c(NC(=O)c2oc3c(Cl)cccc3c2C)c1. The highest BCUT2D eigenvalue weighted by Gasteiger charge is 2.26. The van der Waals surface area contributed by atoms with Crippen molar-refractivity contribution in [2.75, 3.05) is 23.3 Å². The summed E-state index contributed by atoms with van der Waals surface area (Å²) in [5.41, 5.74) is 1.78. The van der Waals surface area contributed by atoms with Crippen LogP contribution >= 0.6 is 11.6 Å².